The maximum absolute atomic E-state index is 14.6. The number of nitrogens with two attached hydrogens (primary N) is 2. The highest BCUT2D eigenvalue weighted by molar-refractivity contribution is 5.71. The van der Waals surface area contributed by atoms with E-state index in [-0.39, 0.29) is 22.3 Å². The van der Waals surface area contributed by atoms with E-state index in [0.29, 0.717) is 0 Å². The van der Waals surface area contributed by atoms with Gasteiger partial charge in [-0.1, -0.05) is 0 Å². The van der Waals surface area contributed by atoms with Crippen LogP contribution in [0.1, 0.15) is 12.5 Å². The topological polar surface area (TPSA) is 303 Å². The van der Waals surface area contributed by atoms with Gasteiger partial charge in [-0.3, -0.25) is 39.3 Å². The minimum absolute atomic E-state index is 0.277. The highest BCUT2D eigenvalue weighted by atomic mass is 19.4. The number of hydrogen-bond acceptors (Lipinski definition) is 16. The minimum Gasteiger partial charge on any atom is -0.394 e. The number of aliphatic hydroxyl groups is 4. The summed E-state index contributed by atoms with van der Waals surface area (Å²) in [6.07, 6.45) is -24.4. The highest BCUT2D eigenvalue weighted by Gasteiger charge is 2.73. The van der Waals surface area contributed by atoms with Crippen molar-refractivity contribution in [3.8, 4) is 0 Å². The molecule has 20 nitrogen and oxygen atoms in total. The fraction of sp³-hybridized carbons (Fsp3) is 0.565. The summed E-state index contributed by atoms with van der Waals surface area (Å²) in [6.45, 7) is -2.63. The summed E-state index contributed by atoms with van der Waals surface area (Å²) in [6, 6.07) is -2.32. The third kappa shape index (κ3) is 5.54. The minimum atomic E-state index is -6.24. The van der Waals surface area contributed by atoms with Gasteiger partial charge in [0.15, 0.2) is 34.8 Å². The van der Waals surface area contributed by atoms with Crippen LogP contribution in [0.15, 0.2) is 22.2 Å². The molecule has 0 amide bonds. The first kappa shape index (κ1) is 34.4. The van der Waals surface area contributed by atoms with Gasteiger partial charge >= 0.3 is 12.4 Å². The number of nitrogens with one attached hydrogen (secondary N) is 4. The predicted molar refractivity (Wildman–Crippen MR) is 148 cm³/mol. The Balaban J connectivity index is 1.29. The van der Waals surface area contributed by atoms with Crippen molar-refractivity contribution in [3.63, 3.8) is 0 Å². The van der Waals surface area contributed by atoms with Crippen molar-refractivity contribution in [1.82, 2.24) is 49.7 Å². The molecule has 0 unspecified atom stereocenters. The van der Waals surface area contributed by atoms with Crippen LogP contribution >= 0.6 is 0 Å². The molecule has 6 heterocycles. The standard InChI is InChI=1S/C23H26F6N12O8/c24-22(25,26)21(23(27,28)29,34-1-5-10(43)12(45)18(48-5)41-4-33-9-14(41)36-20(31)38-16(9)47)39-7-6(2-42)49-17(11(7)44)40-3-32-8-13(40)35-19(30)37-15(8)46/h3-7,10-12,17-18,34,39,42-45H,1-2H2,(H3,30,35,37,46)(H3,31,36,38,47)/t5-,6-,7-,10-,11-,12-,17-,18-/m1/s1. The smallest absolute Gasteiger partial charge is 0.394 e. The molecule has 268 valence electrons. The predicted octanol–water partition coefficient (Wildman–Crippen LogP) is -3.34. The van der Waals surface area contributed by atoms with E-state index in [0.717, 1.165) is 21.8 Å². The second-order valence-corrected chi connectivity index (χ2v) is 11.1. The van der Waals surface area contributed by atoms with E-state index >= 15 is 0 Å². The molecule has 0 radical (unpaired) electrons. The molecule has 4 aromatic rings. The number of nitrogens with zero attached hydrogens (tertiary/aromatic N) is 6. The normalized spacial score (nSPS) is 28.3. The Morgan fingerprint density at radius 1 is 0.796 bits per heavy atom. The molecule has 0 spiro atoms. The lowest BCUT2D eigenvalue weighted by Crippen LogP contribution is -2.78. The number of H-pyrrole nitrogens is 2. The number of aliphatic hydroxyl groups excluding tert-OH is 4. The van der Waals surface area contributed by atoms with Crippen molar-refractivity contribution < 1.29 is 56.2 Å². The fourth-order valence-electron chi connectivity index (χ4n) is 5.77. The Bertz CT molecular complexity index is 1970. The molecule has 2 fully saturated rings. The summed E-state index contributed by atoms with van der Waals surface area (Å²) < 4.78 is 100. The Hall–Kier alpha value is -4.44. The van der Waals surface area contributed by atoms with Crippen molar-refractivity contribution >= 4 is 34.2 Å². The van der Waals surface area contributed by atoms with Gasteiger partial charge in [0.1, 0.15) is 30.5 Å². The number of hydrogen-bond donors (Lipinski definition) is 10. The average Bonchev–Trinajstić information content (AvgIpc) is 3.75. The zero-order chi connectivity index (χ0) is 35.8. The van der Waals surface area contributed by atoms with E-state index < -0.39 is 103 Å². The Kier molecular flexibility index (Phi) is 8.33. The lowest BCUT2D eigenvalue weighted by atomic mass is 10.0. The van der Waals surface area contributed by atoms with Crippen LogP contribution in [-0.2, 0) is 9.47 Å². The first-order valence-corrected chi connectivity index (χ1v) is 13.9. The van der Waals surface area contributed by atoms with Crippen LogP contribution in [0, 0.1) is 0 Å². The number of aromatic nitrogens is 8. The van der Waals surface area contributed by atoms with Gasteiger partial charge in [-0.05, 0) is 0 Å². The number of ether oxygens (including phenoxy) is 2. The molecular formula is C23H26F6N12O8. The summed E-state index contributed by atoms with van der Waals surface area (Å²) in [7, 11) is 0. The van der Waals surface area contributed by atoms with E-state index in [1.807, 2.05) is 0 Å². The van der Waals surface area contributed by atoms with Crippen molar-refractivity contribution in [2.75, 3.05) is 24.6 Å². The molecule has 2 aliphatic rings. The Labute approximate surface area is 265 Å². The van der Waals surface area contributed by atoms with Crippen LogP contribution in [-0.4, -0.2) is 127 Å². The molecule has 0 bridgehead atoms. The third-order valence-electron chi connectivity index (χ3n) is 8.14. The van der Waals surface area contributed by atoms with Gasteiger partial charge in [0.25, 0.3) is 16.8 Å². The van der Waals surface area contributed by atoms with Gasteiger partial charge in [0, 0.05) is 6.54 Å². The van der Waals surface area contributed by atoms with Gasteiger partial charge < -0.3 is 41.4 Å². The molecule has 49 heavy (non-hydrogen) atoms. The quantitative estimate of drug-likeness (QED) is 0.0631. The number of halogens is 6. The molecule has 2 aliphatic heterocycles. The van der Waals surface area contributed by atoms with Crippen LogP contribution in [0.25, 0.3) is 22.3 Å². The fourth-order valence-corrected chi connectivity index (χ4v) is 5.77. The monoisotopic (exact) mass is 712 g/mol. The first-order valence-electron chi connectivity index (χ1n) is 13.9. The van der Waals surface area contributed by atoms with Crippen LogP contribution in [0.3, 0.4) is 0 Å². The lowest BCUT2D eigenvalue weighted by Gasteiger charge is -2.42. The summed E-state index contributed by atoms with van der Waals surface area (Å²) in [5.41, 5.74) is 3.06. The molecule has 26 heteroatoms. The van der Waals surface area contributed by atoms with Crippen LogP contribution in [0.4, 0.5) is 38.2 Å². The highest BCUT2D eigenvalue weighted by Crippen LogP contribution is 2.44. The zero-order valence-corrected chi connectivity index (χ0v) is 24.2. The first-order chi connectivity index (χ1) is 22.9. The second kappa shape index (κ2) is 11.9. The SMILES string of the molecule is Nc1nc2c(ncn2[C@@H]2O[C@H](CNC(N[C@H]3[C@@H](O)[C@H](n4cnc5c(=O)[nH]c(N)nc54)O[C@@H]3CO)(C(F)(F)F)C(F)(F)F)[C@@H](O)[C@H]2O)c(=O)[nH]1. The maximum Gasteiger partial charge on any atom is 0.429 e. The molecule has 0 aromatic carbocycles. The Morgan fingerprint density at radius 2 is 1.27 bits per heavy atom. The summed E-state index contributed by atoms with van der Waals surface area (Å²) in [5.74, 6) is -0.829. The second-order valence-electron chi connectivity index (χ2n) is 11.1. The molecule has 0 aliphatic carbocycles. The largest absolute Gasteiger partial charge is 0.429 e. The molecule has 4 aromatic heterocycles. The van der Waals surface area contributed by atoms with Crippen LogP contribution in [0.5, 0.6) is 0 Å². The van der Waals surface area contributed by atoms with Crippen LogP contribution in [0.2, 0.25) is 0 Å². The van der Waals surface area contributed by atoms with Gasteiger partial charge in [-0.2, -0.15) is 36.3 Å². The lowest BCUT2D eigenvalue weighted by molar-refractivity contribution is -0.322. The van der Waals surface area contributed by atoms with Crippen molar-refractivity contribution in [3.05, 3.63) is 33.4 Å². The molecule has 2 saturated heterocycles. The van der Waals surface area contributed by atoms with E-state index in [2.05, 4.69) is 29.9 Å². The summed E-state index contributed by atoms with van der Waals surface area (Å²) in [4.78, 5) is 43.8. The molecule has 8 atom stereocenters. The number of imidazole rings is 2. The van der Waals surface area contributed by atoms with Crippen molar-refractivity contribution in [1.29, 1.82) is 0 Å². The average molecular weight is 713 g/mol. The number of nitrogen functional groups attached to an aromatic ring is 2. The van der Waals surface area contributed by atoms with E-state index in [4.69, 9.17) is 20.9 Å². The third-order valence-corrected chi connectivity index (χ3v) is 8.14. The van der Waals surface area contributed by atoms with E-state index in [1.54, 1.807) is 0 Å². The summed E-state index contributed by atoms with van der Waals surface area (Å²) in [5, 5.41) is 44.8. The maximum atomic E-state index is 14.6. The van der Waals surface area contributed by atoms with Gasteiger partial charge in [-0.15, -0.1) is 0 Å². The number of aromatic amines is 2. The van der Waals surface area contributed by atoms with Gasteiger partial charge in [0.2, 0.25) is 11.9 Å². The zero-order valence-electron chi connectivity index (χ0n) is 24.2. The Morgan fingerprint density at radius 3 is 1.73 bits per heavy atom. The van der Waals surface area contributed by atoms with Crippen molar-refractivity contribution in [2.45, 2.75) is 67.0 Å². The summed E-state index contributed by atoms with van der Waals surface area (Å²) >= 11 is 0. The van der Waals surface area contributed by atoms with E-state index in [9.17, 15) is 56.4 Å². The number of fused-ring (bicyclic) bond motifs is 2. The molecule has 6 rings (SSSR count). The number of rotatable bonds is 8. The van der Waals surface area contributed by atoms with Crippen molar-refractivity contribution in [2.24, 2.45) is 0 Å². The van der Waals surface area contributed by atoms with E-state index in [1.165, 1.54) is 10.6 Å². The van der Waals surface area contributed by atoms with Crippen LogP contribution < -0.4 is 33.2 Å². The number of anilines is 2. The molecule has 0 saturated carbocycles. The molecule has 12 N–H and O–H groups in total. The van der Waals surface area contributed by atoms with Gasteiger partial charge in [0.05, 0.1) is 25.3 Å². The van der Waals surface area contributed by atoms with Gasteiger partial charge in [-0.25, -0.2) is 9.97 Å². The number of alkyl halides is 6. The molecular weight excluding hydrogens is 686 g/mol.